The zero-order chi connectivity index (χ0) is 15.0. The lowest BCUT2D eigenvalue weighted by molar-refractivity contribution is -0.386. The van der Waals surface area contributed by atoms with Gasteiger partial charge in [0.1, 0.15) is 11.0 Å². The first-order valence-electron chi connectivity index (χ1n) is 6.51. The van der Waals surface area contributed by atoms with Crippen LogP contribution in [0.4, 0.5) is 5.69 Å². The molecule has 0 bridgehead atoms. The van der Waals surface area contributed by atoms with Crippen molar-refractivity contribution in [1.29, 1.82) is 0 Å². The Bertz CT molecular complexity index is 717. The summed E-state index contributed by atoms with van der Waals surface area (Å²) in [6, 6.07) is 6.35. The van der Waals surface area contributed by atoms with Crippen molar-refractivity contribution in [3.8, 4) is 11.6 Å². The summed E-state index contributed by atoms with van der Waals surface area (Å²) in [5, 5.41) is 11.4. The molecule has 1 heterocycles. The number of nitrogens with zero attached hydrogens (tertiary/aromatic N) is 3. The molecular formula is C14H12ClN3O3. The van der Waals surface area contributed by atoms with Gasteiger partial charge in [-0.05, 0) is 25.8 Å². The Morgan fingerprint density at radius 3 is 2.81 bits per heavy atom. The molecule has 0 saturated heterocycles. The predicted octanol–water partition coefficient (Wildman–Crippen LogP) is 4.02. The molecule has 1 fully saturated rings. The van der Waals surface area contributed by atoms with Gasteiger partial charge in [-0.3, -0.25) is 10.1 Å². The maximum absolute atomic E-state index is 11.2. The molecule has 0 aliphatic heterocycles. The van der Waals surface area contributed by atoms with Crippen molar-refractivity contribution in [1.82, 2.24) is 9.97 Å². The van der Waals surface area contributed by atoms with Gasteiger partial charge in [0.2, 0.25) is 11.6 Å². The van der Waals surface area contributed by atoms with Crippen molar-refractivity contribution < 1.29 is 9.66 Å². The minimum Gasteiger partial charge on any atom is -0.432 e. The topological polar surface area (TPSA) is 78.2 Å². The lowest BCUT2D eigenvalue weighted by Crippen LogP contribution is -1.99. The van der Waals surface area contributed by atoms with Crippen LogP contribution in [0.15, 0.2) is 24.3 Å². The Morgan fingerprint density at radius 2 is 2.14 bits per heavy atom. The Kier molecular flexibility index (Phi) is 3.47. The molecule has 0 unspecified atom stereocenters. The number of rotatable bonds is 4. The smallest absolute Gasteiger partial charge is 0.314 e. The summed E-state index contributed by atoms with van der Waals surface area (Å²) >= 11 is 5.96. The summed E-state index contributed by atoms with van der Waals surface area (Å²) in [5.74, 6) is 1.33. The number of benzene rings is 1. The number of aromatic nitrogens is 2. The molecular weight excluding hydrogens is 294 g/mol. The standard InChI is InChI=1S/C14H12ClN3O3/c1-8-3-2-4-10(13(8)18(19)20)21-12-7-11(15)16-14(17-12)9-5-6-9/h2-4,7,9H,5-6H2,1H3. The van der Waals surface area contributed by atoms with Crippen molar-refractivity contribution in [3.63, 3.8) is 0 Å². The molecule has 21 heavy (non-hydrogen) atoms. The van der Waals surface area contributed by atoms with Gasteiger partial charge in [-0.1, -0.05) is 23.7 Å². The molecule has 0 N–H and O–H groups in total. The fourth-order valence-electron chi connectivity index (χ4n) is 2.05. The second-order valence-electron chi connectivity index (χ2n) is 4.94. The van der Waals surface area contributed by atoms with Crippen LogP contribution in [0.5, 0.6) is 11.6 Å². The summed E-state index contributed by atoms with van der Waals surface area (Å²) in [7, 11) is 0. The molecule has 0 atom stereocenters. The number of ether oxygens (including phenoxy) is 1. The van der Waals surface area contributed by atoms with Gasteiger partial charge in [-0.15, -0.1) is 0 Å². The molecule has 1 aromatic carbocycles. The molecule has 0 radical (unpaired) electrons. The van der Waals surface area contributed by atoms with Crippen LogP contribution < -0.4 is 4.74 Å². The van der Waals surface area contributed by atoms with E-state index in [0.29, 0.717) is 17.3 Å². The number of hydrogen-bond donors (Lipinski definition) is 0. The maximum Gasteiger partial charge on any atom is 0.314 e. The van der Waals surface area contributed by atoms with Crippen LogP contribution in [0, 0.1) is 17.0 Å². The molecule has 6 nitrogen and oxygen atoms in total. The molecule has 1 aliphatic rings. The first-order chi connectivity index (χ1) is 10.0. The molecule has 1 aromatic heterocycles. The average molecular weight is 306 g/mol. The van der Waals surface area contributed by atoms with Gasteiger partial charge in [0.15, 0.2) is 0 Å². The van der Waals surface area contributed by atoms with Crippen molar-refractivity contribution in [2.75, 3.05) is 0 Å². The molecule has 7 heteroatoms. The minimum atomic E-state index is -0.463. The number of nitro groups is 1. The Hall–Kier alpha value is -2.21. The first-order valence-corrected chi connectivity index (χ1v) is 6.88. The van der Waals surface area contributed by atoms with Gasteiger partial charge in [-0.25, -0.2) is 4.98 Å². The highest BCUT2D eigenvalue weighted by molar-refractivity contribution is 6.29. The normalized spacial score (nSPS) is 14.0. The zero-order valence-electron chi connectivity index (χ0n) is 11.2. The second kappa shape index (κ2) is 5.29. The largest absolute Gasteiger partial charge is 0.432 e. The molecule has 2 aromatic rings. The summed E-state index contributed by atoms with van der Waals surface area (Å²) in [4.78, 5) is 19.1. The molecule has 1 saturated carbocycles. The van der Waals surface area contributed by atoms with E-state index >= 15 is 0 Å². The third-order valence-electron chi connectivity index (χ3n) is 3.23. The highest BCUT2D eigenvalue weighted by atomic mass is 35.5. The maximum atomic E-state index is 11.2. The van der Waals surface area contributed by atoms with Crippen LogP contribution in [0.2, 0.25) is 5.15 Å². The Labute approximate surface area is 125 Å². The SMILES string of the molecule is Cc1cccc(Oc2cc(Cl)nc(C3CC3)n2)c1[N+](=O)[O-]. The van der Waals surface area contributed by atoms with E-state index < -0.39 is 4.92 Å². The van der Waals surface area contributed by atoms with E-state index in [4.69, 9.17) is 16.3 Å². The molecule has 3 rings (SSSR count). The number of halogens is 1. The van der Waals surface area contributed by atoms with E-state index in [0.717, 1.165) is 12.8 Å². The Morgan fingerprint density at radius 1 is 1.38 bits per heavy atom. The number of hydrogen-bond acceptors (Lipinski definition) is 5. The lowest BCUT2D eigenvalue weighted by Gasteiger charge is -2.08. The van der Waals surface area contributed by atoms with Crippen LogP contribution in [0.1, 0.15) is 30.1 Å². The van der Waals surface area contributed by atoms with E-state index in [2.05, 4.69) is 9.97 Å². The highest BCUT2D eigenvalue weighted by Crippen LogP contribution is 2.40. The molecule has 0 spiro atoms. The summed E-state index contributed by atoms with van der Waals surface area (Å²) in [6.07, 6.45) is 2.06. The monoisotopic (exact) mass is 305 g/mol. The molecule has 0 amide bonds. The third-order valence-corrected chi connectivity index (χ3v) is 3.42. The van der Waals surface area contributed by atoms with Gasteiger partial charge in [0.05, 0.1) is 4.92 Å². The minimum absolute atomic E-state index is 0.0693. The van der Waals surface area contributed by atoms with Gasteiger partial charge >= 0.3 is 5.69 Å². The van der Waals surface area contributed by atoms with Crippen LogP contribution in [0.3, 0.4) is 0 Å². The van der Waals surface area contributed by atoms with Crippen molar-refractivity contribution in [3.05, 3.63) is 50.9 Å². The van der Waals surface area contributed by atoms with E-state index in [1.165, 1.54) is 12.1 Å². The van der Waals surface area contributed by atoms with Crippen LogP contribution >= 0.6 is 11.6 Å². The Balaban J connectivity index is 1.97. The fourth-order valence-corrected chi connectivity index (χ4v) is 2.23. The summed E-state index contributed by atoms with van der Waals surface area (Å²) in [5.41, 5.74) is 0.459. The number of aryl methyl sites for hydroxylation is 1. The van der Waals surface area contributed by atoms with Crippen molar-refractivity contribution >= 4 is 17.3 Å². The molecule has 108 valence electrons. The van der Waals surface area contributed by atoms with Gasteiger partial charge in [0.25, 0.3) is 0 Å². The first kappa shape index (κ1) is 13.8. The quantitative estimate of drug-likeness (QED) is 0.484. The van der Waals surface area contributed by atoms with E-state index in [1.807, 2.05) is 0 Å². The van der Waals surface area contributed by atoms with Gasteiger partial charge in [-0.2, -0.15) is 4.98 Å². The lowest BCUT2D eigenvalue weighted by atomic mass is 10.2. The van der Waals surface area contributed by atoms with Crippen LogP contribution in [0.25, 0.3) is 0 Å². The van der Waals surface area contributed by atoms with E-state index in [9.17, 15) is 10.1 Å². The van der Waals surface area contributed by atoms with Crippen LogP contribution in [-0.2, 0) is 0 Å². The van der Waals surface area contributed by atoms with Gasteiger partial charge < -0.3 is 4.74 Å². The third kappa shape index (κ3) is 2.95. The van der Waals surface area contributed by atoms with Crippen molar-refractivity contribution in [2.24, 2.45) is 0 Å². The van der Waals surface area contributed by atoms with E-state index in [1.54, 1.807) is 19.1 Å². The molecule has 1 aliphatic carbocycles. The zero-order valence-corrected chi connectivity index (χ0v) is 12.0. The predicted molar refractivity (Wildman–Crippen MR) is 76.9 cm³/mol. The summed E-state index contributed by atoms with van der Waals surface area (Å²) < 4.78 is 5.57. The van der Waals surface area contributed by atoms with Crippen LogP contribution in [-0.4, -0.2) is 14.9 Å². The fraction of sp³-hybridized carbons (Fsp3) is 0.286. The summed E-state index contributed by atoms with van der Waals surface area (Å²) in [6.45, 7) is 1.66. The van der Waals surface area contributed by atoms with E-state index in [-0.39, 0.29) is 22.5 Å². The average Bonchev–Trinajstić information content (AvgIpc) is 3.21. The number of nitro benzene ring substituents is 1. The van der Waals surface area contributed by atoms with Gasteiger partial charge in [0, 0.05) is 17.5 Å². The van der Waals surface area contributed by atoms with Crippen molar-refractivity contribution in [2.45, 2.75) is 25.7 Å². The highest BCUT2D eigenvalue weighted by Gasteiger charge is 2.28. The second-order valence-corrected chi connectivity index (χ2v) is 5.33. The number of para-hydroxylation sites is 1.